The molecule has 0 N–H and O–H groups in total. The summed E-state index contributed by atoms with van der Waals surface area (Å²) in [5.41, 5.74) is 2.07. The molecule has 29 heavy (non-hydrogen) atoms. The molecule has 3 rings (SSSR count). The molecule has 2 aliphatic carbocycles. The third-order valence-corrected chi connectivity index (χ3v) is 7.84. The first kappa shape index (κ1) is 22.5. The van der Waals surface area contributed by atoms with Crippen LogP contribution in [0, 0.1) is 30.5 Å². The van der Waals surface area contributed by atoms with Gasteiger partial charge in [-0.3, -0.25) is 4.79 Å². The standard InChI is InChI=1S/C27H41FO/c1-4-6-20-8-10-22(11-9-20)18-26(29)24-16-17-25(27(28)19(24)3)23-14-12-21(7-5-2)13-15-23/h16-17,20-23H,4-15,18H2,1-3H3. The smallest absolute Gasteiger partial charge is 0.163 e. The Labute approximate surface area is 177 Å². The molecule has 162 valence electrons. The molecule has 2 heteroatoms. The van der Waals surface area contributed by atoms with Crippen LogP contribution in [0.15, 0.2) is 12.1 Å². The van der Waals surface area contributed by atoms with E-state index in [1.807, 2.05) is 19.1 Å². The van der Waals surface area contributed by atoms with Gasteiger partial charge in [0.15, 0.2) is 5.78 Å². The number of hydrogen-bond donors (Lipinski definition) is 0. The number of rotatable bonds is 8. The van der Waals surface area contributed by atoms with E-state index >= 15 is 4.39 Å². The maximum atomic E-state index is 15.2. The minimum absolute atomic E-state index is 0.110. The van der Waals surface area contributed by atoms with Gasteiger partial charge in [-0.1, -0.05) is 64.5 Å². The molecule has 0 aliphatic heterocycles. The number of carbonyl (C=O) groups is 1. The molecule has 0 spiro atoms. The molecular formula is C27H41FO. The summed E-state index contributed by atoms with van der Waals surface area (Å²) in [7, 11) is 0. The lowest BCUT2D eigenvalue weighted by Crippen LogP contribution is -2.19. The van der Waals surface area contributed by atoms with Crippen molar-refractivity contribution in [2.45, 2.75) is 110 Å². The van der Waals surface area contributed by atoms with Gasteiger partial charge < -0.3 is 0 Å². The van der Waals surface area contributed by atoms with E-state index in [0.29, 0.717) is 29.4 Å². The SMILES string of the molecule is CCCC1CCC(CC(=O)c2ccc(C3CCC(CCC)CC3)c(F)c2C)CC1. The van der Waals surface area contributed by atoms with Crippen LogP contribution in [0.25, 0.3) is 0 Å². The van der Waals surface area contributed by atoms with E-state index in [2.05, 4.69) is 13.8 Å². The highest BCUT2D eigenvalue weighted by Gasteiger charge is 2.27. The first-order valence-corrected chi connectivity index (χ1v) is 12.4. The van der Waals surface area contributed by atoms with Crippen LogP contribution >= 0.6 is 0 Å². The lowest BCUT2D eigenvalue weighted by Gasteiger charge is -2.29. The third kappa shape index (κ3) is 5.70. The predicted octanol–water partition coefficient (Wildman–Crippen LogP) is 8.39. The molecule has 0 atom stereocenters. The fourth-order valence-corrected chi connectivity index (χ4v) is 6.00. The number of hydrogen-bond acceptors (Lipinski definition) is 1. The summed E-state index contributed by atoms with van der Waals surface area (Å²) < 4.78 is 15.2. The number of benzene rings is 1. The van der Waals surface area contributed by atoms with E-state index in [1.165, 1.54) is 51.4 Å². The van der Waals surface area contributed by atoms with Crippen molar-refractivity contribution in [3.05, 3.63) is 34.6 Å². The van der Waals surface area contributed by atoms with Crippen LogP contribution in [0.2, 0.25) is 0 Å². The molecule has 0 aromatic heterocycles. The zero-order valence-corrected chi connectivity index (χ0v) is 18.9. The second-order valence-electron chi connectivity index (χ2n) is 9.95. The van der Waals surface area contributed by atoms with Gasteiger partial charge in [0.05, 0.1) is 0 Å². The molecule has 0 saturated heterocycles. The van der Waals surface area contributed by atoms with Crippen molar-refractivity contribution in [2.24, 2.45) is 17.8 Å². The Morgan fingerprint density at radius 3 is 1.93 bits per heavy atom. The second-order valence-corrected chi connectivity index (χ2v) is 9.95. The van der Waals surface area contributed by atoms with Gasteiger partial charge in [-0.05, 0) is 80.2 Å². The Morgan fingerprint density at radius 2 is 1.38 bits per heavy atom. The Hall–Kier alpha value is -1.18. The van der Waals surface area contributed by atoms with Gasteiger partial charge in [-0.15, -0.1) is 0 Å². The summed E-state index contributed by atoms with van der Waals surface area (Å²) in [6.45, 7) is 6.32. The molecule has 1 aromatic rings. The molecule has 0 radical (unpaired) electrons. The number of halogens is 1. The first-order valence-electron chi connectivity index (χ1n) is 12.4. The summed E-state index contributed by atoms with van der Waals surface area (Å²) in [6.07, 6.45) is 15.2. The molecule has 0 heterocycles. The second kappa shape index (κ2) is 10.7. The van der Waals surface area contributed by atoms with Crippen LogP contribution in [-0.2, 0) is 0 Å². The van der Waals surface area contributed by atoms with Crippen molar-refractivity contribution in [1.29, 1.82) is 0 Å². The summed E-state index contributed by atoms with van der Waals surface area (Å²) in [5.74, 6) is 2.55. The maximum Gasteiger partial charge on any atom is 0.163 e. The van der Waals surface area contributed by atoms with Gasteiger partial charge in [0.1, 0.15) is 5.82 Å². The zero-order chi connectivity index (χ0) is 20.8. The molecule has 0 amide bonds. The topological polar surface area (TPSA) is 17.1 Å². The van der Waals surface area contributed by atoms with E-state index in [1.54, 1.807) is 0 Å². The van der Waals surface area contributed by atoms with Crippen LogP contribution in [0.1, 0.15) is 125 Å². The summed E-state index contributed by atoms with van der Waals surface area (Å²) in [5, 5.41) is 0. The number of ketones is 1. The summed E-state index contributed by atoms with van der Waals surface area (Å²) in [6, 6.07) is 3.86. The molecule has 2 saturated carbocycles. The molecule has 1 aromatic carbocycles. The highest BCUT2D eigenvalue weighted by Crippen LogP contribution is 2.40. The summed E-state index contributed by atoms with van der Waals surface area (Å²) in [4.78, 5) is 12.9. The van der Waals surface area contributed by atoms with Crippen molar-refractivity contribution in [2.75, 3.05) is 0 Å². The van der Waals surface area contributed by atoms with Gasteiger partial charge in [-0.25, -0.2) is 4.39 Å². The largest absolute Gasteiger partial charge is 0.294 e. The maximum absolute atomic E-state index is 15.2. The number of Topliss-reactive ketones (excluding diaryl/α,β-unsaturated/α-hetero) is 1. The lowest BCUT2D eigenvalue weighted by atomic mass is 9.76. The quantitative estimate of drug-likeness (QED) is 0.400. The van der Waals surface area contributed by atoms with E-state index in [0.717, 1.165) is 43.1 Å². The molecule has 0 bridgehead atoms. The highest BCUT2D eigenvalue weighted by molar-refractivity contribution is 5.97. The Morgan fingerprint density at radius 1 is 0.862 bits per heavy atom. The fourth-order valence-electron chi connectivity index (χ4n) is 6.00. The summed E-state index contributed by atoms with van der Waals surface area (Å²) >= 11 is 0. The monoisotopic (exact) mass is 400 g/mol. The van der Waals surface area contributed by atoms with Gasteiger partial charge in [0, 0.05) is 12.0 Å². The van der Waals surface area contributed by atoms with Crippen LogP contribution in [-0.4, -0.2) is 5.78 Å². The van der Waals surface area contributed by atoms with Gasteiger partial charge in [0.2, 0.25) is 0 Å². The minimum atomic E-state index is -0.110. The van der Waals surface area contributed by atoms with Crippen molar-refractivity contribution in [3.8, 4) is 0 Å². The van der Waals surface area contributed by atoms with Gasteiger partial charge in [-0.2, -0.15) is 0 Å². The van der Waals surface area contributed by atoms with Crippen LogP contribution in [0.5, 0.6) is 0 Å². The first-order chi connectivity index (χ1) is 14.0. The van der Waals surface area contributed by atoms with E-state index in [-0.39, 0.29) is 11.6 Å². The highest BCUT2D eigenvalue weighted by atomic mass is 19.1. The van der Waals surface area contributed by atoms with Crippen molar-refractivity contribution in [3.63, 3.8) is 0 Å². The average Bonchev–Trinajstić information content (AvgIpc) is 2.72. The molecular weight excluding hydrogens is 359 g/mol. The van der Waals surface area contributed by atoms with Crippen LogP contribution < -0.4 is 0 Å². The number of carbonyl (C=O) groups excluding carboxylic acids is 1. The lowest BCUT2D eigenvalue weighted by molar-refractivity contribution is 0.0940. The Balaban J connectivity index is 1.60. The fraction of sp³-hybridized carbons (Fsp3) is 0.741. The molecule has 0 unspecified atom stereocenters. The van der Waals surface area contributed by atoms with Crippen molar-refractivity contribution < 1.29 is 9.18 Å². The molecule has 2 aliphatic rings. The van der Waals surface area contributed by atoms with Crippen LogP contribution in [0.4, 0.5) is 4.39 Å². The minimum Gasteiger partial charge on any atom is -0.294 e. The zero-order valence-electron chi connectivity index (χ0n) is 18.9. The molecule has 1 nitrogen and oxygen atoms in total. The van der Waals surface area contributed by atoms with E-state index in [4.69, 9.17) is 0 Å². The van der Waals surface area contributed by atoms with E-state index < -0.39 is 0 Å². The predicted molar refractivity (Wildman–Crippen MR) is 120 cm³/mol. The van der Waals surface area contributed by atoms with Gasteiger partial charge >= 0.3 is 0 Å². The Kier molecular flexibility index (Phi) is 8.33. The van der Waals surface area contributed by atoms with E-state index in [9.17, 15) is 4.79 Å². The van der Waals surface area contributed by atoms with Crippen molar-refractivity contribution in [1.82, 2.24) is 0 Å². The Bertz CT molecular complexity index is 663. The van der Waals surface area contributed by atoms with Crippen LogP contribution in [0.3, 0.4) is 0 Å². The third-order valence-electron chi connectivity index (χ3n) is 7.84. The molecule has 2 fully saturated rings. The average molecular weight is 401 g/mol. The normalized spacial score (nSPS) is 27.7. The van der Waals surface area contributed by atoms with Crippen molar-refractivity contribution >= 4 is 5.78 Å². The van der Waals surface area contributed by atoms with Gasteiger partial charge in [0.25, 0.3) is 0 Å².